The SMILES string of the molecule is Cc1cc2nc(C(C)N)n(CC(O)CO)c2cc1C. The third-order valence-corrected chi connectivity index (χ3v) is 3.40. The first kappa shape index (κ1) is 14.0. The minimum Gasteiger partial charge on any atom is -0.394 e. The van der Waals surface area contributed by atoms with Crippen molar-refractivity contribution < 1.29 is 10.2 Å². The standard InChI is InChI=1S/C14H21N3O2/c1-8-4-12-13(5-9(8)2)17(6-11(19)7-18)14(16-12)10(3)15/h4-5,10-11,18-19H,6-7,15H2,1-3H3. The molecule has 0 spiro atoms. The molecule has 2 atom stereocenters. The van der Waals surface area contributed by atoms with E-state index >= 15 is 0 Å². The lowest BCUT2D eigenvalue weighted by molar-refractivity contribution is 0.0812. The number of aryl methyl sites for hydroxylation is 2. The molecule has 0 aliphatic heterocycles. The third-order valence-electron chi connectivity index (χ3n) is 3.40. The van der Waals surface area contributed by atoms with E-state index in [-0.39, 0.29) is 12.6 Å². The lowest BCUT2D eigenvalue weighted by atomic mass is 10.1. The summed E-state index contributed by atoms with van der Waals surface area (Å²) >= 11 is 0. The zero-order chi connectivity index (χ0) is 14.2. The van der Waals surface area contributed by atoms with Gasteiger partial charge in [-0.3, -0.25) is 0 Å². The van der Waals surface area contributed by atoms with Gasteiger partial charge in [0.05, 0.1) is 36.3 Å². The molecule has 0 bridgehead atoms. The summed E-state index contributed by atoms with van der Waals surface area (Å²) in [5.41, 5.74) is 10.1. The van der Waals surface area contributed by atoms with Crippen molar-refractivity contribution in [3.63, 3.8) is 0 Å². The molecule has 2 unspecified atom stereocenters. The molecule has 1 heterocycles. The van der Waals surface area contributed by atoms with Crippen LogP contribution >= 0.6 is 0 Å². The van der Waals surface area contributed by atoms with E-state index < -0.39 is 6.10 Å². The fourth-order valence-corrected chi connectivity index (χ4v) is 2.21. The molecule has 4 N–H and O–H groups in total. The van der Waals surface area contributed by atoms with Crippen molar-refractivity contribution in [2.24, 2.45) is 5.73 Å². The highest BCUT2D eigenvalue weighted by molar-refractivity contribution is 5.78. The summed E-state index contributed by atoms with van der Waals surface area (Å²) in [6.45, 7) is 5.97. The number of fused-ring (bicyclic) bond motifs is 1. The minimum absolute atomic E-state index is 0.223. The zero-order valence-corrected chi connectivity index (χ0v) is 11.6. The molecule has 0 fully saturated rings. The summed E-state index contributed by atoms with van der Waals surface area (Å²) in [5, 5.41) is 18.7. The Kier molecular flexibility index (Phi) is 3.89. The molecule has 5 nitrogen and oxygen atoms in total. The van der Waals surface area contributed by atoms with Gasteiger partial charge in [0.1, 0.15) is 5.82 Å². The maximum atomic E-state index is 9.68. The van der Waals surface area contributed by atoms with E-state index in [2.05, 4.69) is 4.98 Å². The fourth-order valence-electron chi connectivity index (χ4n) is 2.21. The highest BCUT2D eigenvalue weighted by Gasteiger charge is 2.17. The summed E-state index contributed by atoms with van der Waals surface area (Å²) in [7, 11) is 0. The second-order valence-corrected chi connectivity index (χ2v) is 5.13. The van der Waals surface area contributed by atoms with Crippen LogP contribution in [0.3, 0.4) is 0 Å². The van der Waals surface area contributed by atoms with Crippen LogP contribution in [0.4, 0.5) is 0 Å². The fraction of sp³-hybridized carbons (Fsp3) is 0.500. The molecular weight excluding hydrogens is 242 g/mol. The number of aromatic nitrogens is 2. The molecule has 1 aromatic heterocycles. The molecule has 0 amide bonds. The number of aliphatic hydroxyl groups excluding tert-OH is 2. The number of hydrogen-bond acceptors (Lipinski definition) is 4. The van der Waals surface area contributed by atoms with Crippen LogP contribution in [-0.2, 0) is 6.54 Å². The van der Waals surface area contributed by atoms with Crippen molar-refractivity contribution in [2.45, 2.75) is 39.5 Å². The average Bonchev–Trinajstić information content (AvgIpc) is 2.68. The number of rotatable bonds is 4. The van der Waals surface area contributed by atoms with E-state index in [9.17, 15) is 5.11 Å². The number of nitrogens with two attached hydrogens (primary N) is 1. The topological polar surface area (TPSA) is 84.3 Å². The van der Waals surface area contributed by atoms with Gasteiger partial charge in [-0.05, 0) is 44.0 Å². The predicted octanol–water partition coefficient (Wildman–Crippen LogP) is 1.03. The van der Waals surface area contributed by atoms with Gasteiger partial charge in [0.15, 0.2) is 0 Å². The van der Waals surface area contributed by atoms with Crippen LogP contribution in [0.5, 0.6) is 0 Å². The molecular formula is C14H21N3O2. The van der Waals surface area contributed by atoms with Crippen LogP contribution < -0.4 is 5.73 Å². The first-order valence-corrected chi connectivity index (χ1v) is 6.46. The molecule has 104 valence electrons. The van der Waals surface area contributed by atoms with Gasteiger partial charge in [0.25, 0.3) is 0 Å². The summed E-state index contributed by atoms with van der Waals surface area (Å²) in [4.78, 5) is 4.55. The average molecular weight is 263 g/mol. The summed E-state index contributed by atoms with van der Waals surface area (Å²) < 4.78 is 1.90. The van der Waals surface area contributed by atoms with Crippen molar-refractivity contribution in [3.8, 4) is 0 Å². The van der Waals surface area contributed by atoms with Crippen molar-refractivity contribution in [2.75, 3.05) is 6.61 Å². The molecule has 0 aliphatic carbocycles. The summed E-state index contributed by atoms with van der Waals surface area (Å²) in [6, 6.07) is 3.85. The molecule has 2 aromatic rings. The Balaban J connectivity index is 2.62. The lowest BCUT2D eigenvalue weighted by Gasteiger charge is -2.14. The van der Waals surface area contributed by atoms with Gasteiger partial charge in [-0.15, -0.1) is 0 Å². The second-order valence-electron chi connectivity index (χ2n) is 5.13. The first-order valence-electron chi connectivity index (χ1n) is 6.46. The van der Waals surface area contributed by atoms with Crippen LogP contribution in [-0.4, -0.2) is 32.5 Å². The number of imidazole rings is 1. The van der Waals surface area contributed by atoms with Gasteiger partial charge < -0.3 is 20.5 Å². The van der Waals surface area contributed by atoms with Crippen LogP contribution in [0.25, 0.3) is 11.0 Å². The van der Waals surface area contributed by atoms with E-state index in [1.54, 1.807) is 0 Å². The molecule has 0 aliphatic rings. The van der Waals surface area contributed by atoms with E-state index in [4.69, 9.17) is 10.8 Å². The highest BCUT2D eigenvalue weighted by Crippen LogP contribution is 2.23. The zero-order valence-electron chi connectivity index (χ0n) is 11.6. The van der Waals surface area contributed by atoms with E-state index in [0.29, 0.717) is 6.54 Å². The van der Waals surface area contributed by atoms with Gasteiger partial charge in [-0.1, -0.05) is 0 Å². The number of aliphatic hydroxyl groups is 2. The first-order chi connectivity index (χ1) is 8.93. The molecule has 2 rings (SSSR count). The van der Waals surface area contributed by atoms with E-state index in [1.807, 2.05) is 37.5 Å². The second kappa shape index (κ2) is 5.28. The monoisotopic (exact) mass is 263 g/mol. The maximum Gasteiger partial charge on any atom is 0.126 e. The van der Waals surface area contributed by atoms with Crippen LogP contribution in [0.1, 0.15) is 29.9 Å². The largest absolute Gasteiger partial charge is 0.394 e. The predicted molar refractivity (Wildman–Crippen MR) is 74.9 cm³/mol. The molecule has 0 radical (unpaired) electrons. The van der Waals surface area contributed by atoms with Crippen LogP contribution in [0, 0.1) is 13.8 Å². The number of nitrogens with zero attached hydrogens (tertiary/aromatic N) is 2. The summed E-state index contributed by atoms with van der Waals surface area (Å²) in [5.74, 6) is 0.729. The normalized spacial score (nSPS) is 14.8. The van der Waals surface area contributed by atoms with E-state index in [0.717, 1.165) is 16.9 Å². The molecule has 0 saturated heterocycles. The van der Waals surface area contributed by atoms with E-state index in [1.165, 1.54) is 11.1 Å². The van der Waals surface area contributed by atoms with Gasteiger partial charge >= 0.3 is 0 Å². The summed E-state index contributed by atoms with van der Waals surface area (Å²) in [6.07, 6.45) is -0.809. The van der Waals surface area contributed by atoms with Crippen LogP contribution in [0.15, 0.2) is 12.1 Å². The molecule has 19 heavy (non-hydrogen) atoms. The van der Waals surface area contributed by atoms with Crippen molar-refractivity contribution in [1.29, 1.82) is 0 Å². The Morgan fingerprint density at radius 2 is 1.95 bits per heavy atom. The molecule has 5 heteroatoms. The third kappa shape index (κ3) is 2.63. The van der Waals surface area contributed by atoms with Crippen LogP contribution in [0.2, 0.25) is 0 Å². The van der Waals surface area contributed by atoms with Gasteiger partial charge in [0.2, 0.25) is 0 Å². The Hall–Kier alpha value is -1.43. The maximum absolute atomic E-state index is 9.68. The van der Waals surface area contributed by atoms with Gasteiger partial charge in [0, 0.05) is 0 Å². The minimum atomic E-state index is -0.809. The highest BCUT2D eigenvalue weighted by atomic mass is 16.3. The Morgan fingerprint density at radius 3 is 2.53 bits per heavy atom. The Bertz CT molecular complexity index is 590. The quantitative estimate of drug-likeness (QED) is 0.769. The van der Waals surface area contributed by atoms with Crippen molar-refractivity contribution in [1.82, 2.24) is 9.55 Å². The van der Waals surface area contributed by atoms with Crippen molar-refractivity contribution >= 4 is 11.0 Å². The van der Waals surface area contributed by atoms with Crippen molar-refractivity contribution in [3.05, 3.63) is 29.1 Å². The number of hydrogen-bond donors (Lipinski definition) is 3. The molecule has 0 saturated carbocycles. The number of benzene rings is 1. The Labute approximate surface area is 112 Å². The smallest absolute Gasteiger partial charge is 0.126 e. The van der Waals surface area contributed by atoms with Gasteiger partial charge in [-0.2, -0.15) is 0 Å². The van der Waals surface area contributed by atoms with Gasteiger partial charge in [-0.25, -0.2) is 4.98 Å². The molecule has 1 aromatic carbocycles. The Morgan fingerprint density at radius 1 is 1.32 bits per heavy atom. The lowest BCUT2D eigenvalue weighted by Crippen LogP contribution is -2.23.